The van der Waals surface area contributed by atoms with E-state index >= 15 is 0 Å². The summed E-state index contributed by atoms with van der Waals surface area (Å²) in [5.74, 6) is -0.278. The van der Waals surface area contributed by atoms with E-state index in [-0.39, 0.29) is 11.9 Å². The fourth-order valence-electron chi connectivity index (χ4n) is 1.63. The molecule has 0 radical (unpaired) electrons. The second kappa shape index (κ2) is 7.33. The lowest BCUT2D eigenvalue weighted by Crippen LogP contribution is -2.27. The van der Waals surface area contributed by atoms with E-state index in [2.05, 4.69) is 26.0 Å². The van der Waals surface area contributed by atoms with Gasteiger partial charge in [0.05, 0.1) is 6.26 Å². The Morgan fingerprint density at radius 2 is 2.05 bits per heavy atom. The predicted molar refractivity (Wildman–Crippen MR) is 78.0 cm³/mol. The Balaban J connectivity index is 2.37. The van der Waals surface area contributed by atoms with Crippen molar-refractivity contribution in [1.29, 1.82) is 0 Å². The van der Waals surface area contributed by atoms with Crippen molar-refractivity contribution >= 4 is 26.0 Å². The summed E-state index contributed by atoms with van der Waals surface area (Å²) in [6, 6.07) is 4.64. The van der Waals surface area contributed by atoms with Gasteiger partial charge in [-0.2, -0.15) is 0 Å². The summed E-state index contributed by atoms with van der Waals surface area (Å²) in [4.78, 5) is 0. The molecule has 1 aromatic rings. The Labute approximate surface area is 122 Å². The zero-order chi connectivity index (χ0) is 14.5. The molecule has 0 aliphatic heterocycles. The van der Waals surface area contributed by atoms with E-state index in [4.69, 9.17) is 0 Å². The van der Waals surface area contributed by atoms with Gasteiger partial charge in [-0.15, -0.1) is 0 Å². The van der Waals surface area contributed by atoms with Gasteiger partial charge < -0.3 is 5.32 Å². The van der Waals surface area contributed by atoms with Crippen LogP contribution in [0.5, 0.6) is 0 Å². The second-order valence-electron chi connectivity index (χ2n) is 4.36. The van der Waals surface area contributed by atoms with Gasteiger partial charge in [-0.05, 0) is 37.6 Å². The van der Waals surface area contributed by atoms with Gasteiger partial charge in [0, 0.05) is 17.1 Å². The molecule has 0 bridgehead atoms. The van der Waals surface area contributed by atoms with E-state index in [0.29, 0.717) is 19.5 Å². The molecule has 0 saturated carbocycles. The fourth-order valence-corrected chi connectivity index (χ4v) is 2.84. The van der Waals surface area contributed by atoms with Crippen molar-refractivity contribution in [1.82, 2.24) is 10.0 Å². The molecule has 1 atom stereocenters. The maximum atomic E-state index is 13.0. The quantitative estimate of drug-likeness (QED) is 0.739. The first-order valence-corrected chi connectivity index (χ1v) is 8.61. The Hall–Kier alpha value is -0.500. The molecule has 19 heavy (non-hydrogen) atoms. The molecule has 0 aliphatic carbocycles. The lowest BCUT2D eigenvalue weighted by atomic mass is 10.1. The molecule has 0 spiro atoms. The number of hydrogen-bond acceptors (Lipinski definition) is 3. The van der Waals surface area contributed by atoms with Crippen LogP contribution >= 0.6 is 15.9 Å². The van der Waals surface area contributed by atoms with Crippen LogP contribution in [0.4, 0.5) is 4.39 Å². The number of sulfonamides is 1. The fraction of sp³-hybridized carbons (Fsp3) is 0.500. The van der Waals surface area contributed by atoms with E-state index in [1.807, 2.05) is 6.92 Å². The molecular formula is C12H18BrFN2O2S. The van der Waals surface area contributed by atoms with Gasteiger partial charge in [0.25, 0.3) is 0 Å². The minimum atomic E-state index is -3.12. The Morgan fingerprint density at radius 3 is 2.63 bits per heavy atom. The highest BCUT2D eigenvalue weighted by Crippen LogP contribution is 2.23. The summed E-state index contributed by atoms with van der Waals surface area (Å²) in [5, 5.41) is 3.26. The van der Waals surface area contributed by atoms with Crippen molar-refractivity contribution in [3.63, 3.8) is 0 Å². The molecule has 0 aliphatic rings. The third-order valence-corrected chi connectivity index (χ3v) is 4.01. The second-order valence-corrected chi connectivity index (χ2v) is 7.05. The summed E-state index contributed by atoms with van der Waals surface area (Å²) in [6.07, 6.45) is 1.83. The van der Waals surface area contributed by atoms with Crippen molar-refractivity contribution in [3.8, 4) is 0 Å². The smallest absolute Gasteiger partial charge is 0.208 e. The molecule has 0 saturated heterocycles. The first-order chi connectivity index (χ1) is 8.79. The number of halogens is 2. The first kappa shape index (κ1) is 16.6. The van der Waals surface area contributed by atoms with Crippen LogP contribution in [-0.4, -0.2) is 27.8 Å². The zero-order valence-corrected chi connectivity index (χ0v) is 13.3. The standard InChI is InChI=1S/C12H18BrFN2O2S/c1-9(11-5-4-10(14)8-12(11)13)15-6-3-7-16-19(2,17)18/h4-5,8-9,15-16H,3,6-7H2,1-2H3. The zero-order valence-electron chi connectivity index (χ0n) is 10.9. The largest absolute Gasteiger partial charge is 0.310 e. The van der Waals surface area contributed by atoms with Crippen molar-refractivity contribution in [2.75, 3.05) is 19.3 Å². The maximum Gasteiger partial charge on any atom is 0.208 e. The topological polar surface area (TPSA) is 58.2 Å². The molecule has 0 aromatic heterocycles. The number of hydrogen-bond donors (Lipinski definition) is 2. The Morgan fingerprint density at radius 1 is 1.37 bits per heavy atom. The molecule has 7 heteroatoms. The Kier molecular flexibility index (Phi) is 6.38. The lowest BCUT2D eigenvalue weighted by Gasteiger charge is -2.16. The minimum absolute atomic E-state index is 0.0632. The average Bonchev–Trinajstić information content (AvgIpc) is 2.26. The third kappa shape index (κ3) is 6.47. The van der Waals surface area contributed by atoms with Gasteiger partial charge in [0.1, 0.15) is 5.82 Å². The van der Waals surface area contributed by atoms with E-state index in [1.54, 1.807) is 6.07 Å². The van der Waals surface area contributed by atoms with E-state index in [0.717, 1.165) is 16.3 Å². The van der Waals surface area contributed by atoms with E-state index < -0.39 is 10.0 Å². The summed E-state index contributed by atoms with van der Waals surface area (Å²) >= 11 is 3.32. The third-order valence-electron chi connectivity index (χ3n) is 2.60. The van der Waals surface area contributed by atoms with Crippen LogP contribution in [0.3, 0.4) is 0 Å². The van der Waals surface area contributed by atoms with Crippen LogP contribution in [-0.2, 0) is 10.0 Å². The molecule has 0 fully saturated rings. The maximum absolute atomic E-state index is 13.0. The summed E-state index contributed by atoms with van der Waals surface area (Å²) in [7, 11) is -3.12. The molecule has 1 unspecified atom stereocenters. The molecule has 0 heterocycles. The summed E-state index contributed by atoms with van der Waals surface area (Å²) < 4.78 is 37.8. The molecule has 1 aromatic carbocycles. The van der Waals surface area contributed by atoms with Crippen molar-refractivity contribution in [3.05, 3.63) is 34.1 Å². The minimum Gasteiger partial charge on any atom is -0.310 e. The molecule has 108 valence electrons. The van der Waals surface area contributed by atoms with Crippen LogP contribution in [0.1, 0.15) is 24.9 Å². The lowest BCUT2D eigenvalue weighted by molar-refractivity contribution is 0.545. The number of rotatable bonds is 7. The summed E-state index contributed by atoms with van der Waals surface area (Å²) in [6.45, 7) is 3.05. The van der Waals surface area contributed by atoms with Crippen LogP contribution < -0.4 is 10.0 Å². The van der Waals surface area contributed by atoms with Gasteiger partial charge in [-0.25, -0.2) is 17.5 Å². The molecular weight excluding hydrogens is 335 g/mol. The number of benzene rings is 1. The molecule has 2 N–H and O–H groups in total. The monoisotopic (exact) mass is 352 g/mol. The van der Waals surface area contributed by atoms with Crippen LogP contribution in [0, 0.1) is 5.82 Å². The first-order valence-electron chi connectivity index (χ1n) is 5.92. The van der Waals surface area contributed by atoms with Gasteiger partial charge >= 0.3 is 0 Å². The van der Waals surface area contributed by atoms with Gasteiger partial charge in [-0.3, -0.25) is 0 Å². The van der Waals surface area contributed by atoms with E-state index in [1.165, 1.54) is 12.1 Å². The van der Waals surface area contributed by atoms with Gasteiger partial charge in [0.15, 0.2) is 0 Å². The van der Waals surface area contributed by atoms with Crippen LogP contribution in [0.15, 0.2) is 22.7 Å². The molecule has 1 rings (SSSR count). The van der Waals surface area contributed by atoms with Crippen molar-refractivity contribution in [2.45, 2.75) is 19.4 Å². The van der Waals surface area contributed by atoms with E-state index in [9.17, 15) is 12.8 Å². The SMILES string of the molecule is CC(NCCCNS(C)(=O)=O)c1ccc(F)cc1Br. The molecule has 4 nitrogen and oxygen atoms in total. The van der Waals surface area contributed by atoms with Gasteiger partial charge in [0.2, 0.25) is 10.0 Å². The van der Waals surface area contributed by atoms with Crippen LogP contribution in [0.25, 0.3) is 0 Å². The summed E-state index contributed by atoms with van der Waals surface area (Å²) in [5.41, 5.74) is 0.970. The normalized spacial score (nSPS) is 13.5. The van der Waals surface area contributed by atoms with Gasteiger partial charge in [-0.1, -0.05) is 22.0 Å². The number of nitrogens with one attached hydrogen (secondary N) is 2. The highest BCUT2D eigenvalue weighted by atomic mass is 79.9. The Bertz CT molecular complexity index is 522. The van der Waals surface area contributed by atoms with Crippen molar-refractivity contribution in [2.24, 2.45) is 0 Å². The highest BCUT2D eigenvalue weighted by molar-refractivity contribution is 9.10. The molecule has 0 amide bonds. The average molecular weight is 353 g/mol. The predicted octanol–water partition coefficient (Wildman–Crippen LogP) is 2.18. The highest BCUT2D eigenvalue weighted by Gasteiger charge is 2.09. The van der Waals surface area contributed by atoms with Crippen molar-refractivity contribution < 1.29 is 12.8 Å². The van der Waals surface area contributed by atoms with Crippen LogP contribution in [0.2, 0.25) is 0 Å².